The minimum absolute atomic E-state index is 0.0850. The van der Waals surface area contributed by atoms with Crippen LogP contribution in [0, 0.1) is 0 Å². The third-order valence-corrected chi connectivity index (χ3v) is 3.92. The number of hydrogen-bond acceptors (Lipinski definition) is 6. The summed E-state index contributed by atoms with van der Waals surface area (Å²) in [6.45, 7) is 0. The van der Waals surface area contributed by atoms with Gasteiger partial charge in [0.25, 0.3) is 0 Å². The molecule has 0 radical (unpaired) electrons. The van der Waals surface area contributed by atoms with Gasteiger partial charge in [-0.3, -0.25) is 9.97 Å². The highest BCUT2D eigenvalue weighted by molar-refractivity contribution is 6.23. The monoisotopic (exact) mass is 330 g/mol. The molecule has 0 spiro atoms. The van der Waals surface area contributed by atoms with E-state index in [1.807, 2.05) is 24.3 Å². The second kappa shape index (κ2) is 6.16. The fraction of sp³-hybridized carbons (Fsp3) is 0.0526. The predicted octanol–water partition coefficient (Wildman–Crippen LogP) is 3.04. The number of nitrogens with zero attached hydrogens (tertiary/aromatic N) is 4. The Kier molecular flexibility index (Phi) is 3.70. The average Bonchev–Trinajstić information content (AvgIpc) is 2.97. The summed E-state index contributed by atoms with van der Waals surface area (Å²) in [6, 6.07) is 12.6. The second-order valence-electron chi connectivity index (χ2n) is 5.42. The number of aromatic nitrogens is 2. The van der Waals surface area contributed by atoms with Crippen LogP contribution in [0.2, 0.25) is 0 Å². The highest BCUT2D eigenvalue weighted by Crippen LogP contribution is 2.33. The molecule has 1 N–H and O–H groups in total. The number of ether oxygens (including phenoxy) is 1. The highest BCUT2D eigenvalue weighted by Gasteiger charge is 2.26. The molecule has 25 heavy (non-hydrogen) atoms. The molecule has 0 atom stereocenters. The second-order valence-corrected chi connectivity index (χ2v) is 5.42. The number of pyridine rings is 2. The number of benzene rings is 1. The Balaban J connectivity index is 1.72. The molecule has 2 heterocycles. The van der Waals surface area contributed by atoms with E-state index in [-0.39, 0.29) is 5.75 Å². The summed E-state index contributed by atoms with van der Waals surface area (Å²) in [4.78, 5) is 8.82. The van der Waals surface area contributed by atoms with Gasteiger partial charge in [0, 0.05) is 23.5 Å². The lowest BCUT2D eigenvalue weighted by atomic mass is 10.1. The first-order valence-electron chi connectivity index (χ1n) is 7.67. The summed E-state index contributed by atoms with van der Waals surface area (Å²) in [7, 11) is 1.50. The van der Waals surface area contributed by atoms with E-state index in [0.717, 1.165) is 33.8 Å². The molecule has 0 fully saturated rings. The van der Waals surface area contributed by atoms with Crippen LogP contribution in [-0.2, 0) is 0 Å². The van der Waals surface area contributed by atoms with Gasteiger partial charge in [0.05, 0.1) is 24.7 Å². The molecule has 6 nitrogen and oxygen atoms in total. The molecule has 1 aliphatic rings. The first-order chi connectivity index (χ1) is 12.3. The Bertz CT molecular complexity index is 964. The number of methoxy groups -OCH3 is 1. The number of rotatable bonds is 3. The smallest absolute Gasteiger partial charge is 0.161 e. The summed E-state index contributed by atoms with van der Waals surface area (Å²) in [5.41, 5.74) is 4.98. The van der Waals surface area contributed by atoms with Crippen molar-refractivity contribution >= 4 is 11.9 Å². The van der Waals surface area contributed by atoms with E-state index >= 15 is 0 Å². The fourth-order valence-electron chi connectivity index (χ4n) is 2.75. The number of fused-ring (bicyclic) bond motifs is 3. The van der Waals surface area contributed by atoms with Crippen molar-refractivity contribution in [2.45, 2.75) is 0 Å². The number of phenolic OH excluding ortho intramolecular Hbond substituents is 1. The molecule has 6 heteroatoms. The maximum Gasteiger partial charge on any atom is 0.161 e. The van der Waals surface area contributed by atoms with Crippen LogP contribution in [0.3, 0.4) is 0 Å². The van der Waals surface area contributed by atoms with E-state index in [1.165, 1.54) is 7.11 Å². The van der Waals surface area contributed by atoms with Gasteiger partial charge in [0.1, 0.15) is 5.71 Å². The molecule has 0 saturated heterocycles. The molecule has 1 aromatic carbocycles. The van der Waals surface area contributed by atoms with Crippen molar-refractivity contribution in [2.24, 2.45) is 10.2 Å². The maximum absolute atomic E-state index is 9.64. The van der Waals surface area contributed by atoms with Gasteiger partial charge in [0.15, 0.2) is 11.5 Å². The molecule has 0 saturated carbocycles. The fourth-order valence-corrected chi connectivity index (χ4v) is 2.75. The predicted molar refractivity (Wildman–Crippen MR) is 95.4 cm³/mol. The van der Waals surface area contributed by atoms with Crippen LogP contribution in [0.4, 0.5) is 0 Å². The van der Waals surface area contributed by atoms with Crippen molar-refractivity contribution in [1.82, 2.24) is 9.97 Å². The minimum Gasteiger partial charge on any atom is -0.504 e. The average molecular weight is 330 g/mol. The summed E-state index contributed by atoms with van der Waals surface area (Å²) in [5, 5.41) is 18.2. The zero-order chi connectivity index (χ0) is 17.2. The molecule has 0 aliphatic heterocycles. The third-order valence-electron chi connectivity index (χ3n) is 3.92. The molecule has 0 amide bonds. The Labute approximate surface area is 144 Å². The van der Waals surface area contributed by atoms with Gasteiger partial charge in [0.2, 0.25) is 0 Å². The zero-order valence-corrected chi connectivity index (χ0v) is 13.4. The van der Waals surface area contributed by atoms with Gasteiger partial charge in [-0.15, -0.1) is 5.10 Å². The van der Waals surface area contributed by atoms with E-state index in [1.54, 1.807) is 36.8 Å². The maximum atomic E-state index is 9.64. The van der Waals surface area contributed by atoms with Crippen LogP contribution in [-0.4, -0.2) is 34.1 Å². The summed E-state index contributed by atoms with van der Waals surface area (Å²) in [5.74, 6) is 0.475. The highest BCUT2D eigenvalue weighted by atomic mass is 16.5. The molecule has 3 aromatic rings. The van der Waals surface area contributed by atoms with Crippen LogP contribution in [0.5, 0.6) is 11.5 Å². The minimum atomic E-state index is 0.0850. The molecule has 4 rings (SSSR count). The topological polar surface area (TPSA) is 80.0 Å². The Morgan fingerprint density at radius 1 is 1.00 bits per heavy atom. The molecule has 0 bridgehead atoms. The van der Waals surface area contributed by atoms with Crippen LogP contribution < -0.4 is 4.74 Å². The zero-order valence-electron chi connectivity index (χ0n) is 13.4. The van der Waals surface area contributed by atoms with E-state index in [2.05, 4.69) is 20.2 Å². The molecule has 1 aliphatic carbocycles. The Morgan fingerprint density at radius 3 is 2.32 bits per heavy atom. The number of aromatic hydroxyl groups is 1. The first-order valence-corrected chi connectivity index (χ1v) is 7.67. The van der Waals surface area contributed by atoms with Gasteiger partial charge in [-0.25, -0.2) is 0 Å². The van der Waals surface area contributed by atoms with Gasteiger partial charge in [-0.05, 0) is 48.0 Å². The van der Waals surface area contributed by atoms with Crippen molar-refractivity contribution in [2.75, 3.05) is 7.11 Å². The Morgan fingerprint density at radius 2 is 1.68 bits per heavy atom. The van der Waals surface area contributed by atoms with Crippen LogP contribution in [0.15, 0.2) is 65.1 Å². The lowest BCUT2D eigenvalue weighted by Crippen LogP contribution is -1.97. The van der Waals surface area contributed by atoms with Gasteiger partial charge in [-0.2, -0.15) is 5.10 Å². The van der Waals surface area contributed by atoms with Crippen LogP contribution >= 0.6 is 0 Å². The molecule has 2 aromatic heterocycles. The van der Waals surface area contributed by atoms with Crippen molar-refractivity contribution < 1.29 is 9.84 Å². The van der Waals surface area contributed by atoms with Crippen molar-refractivity contribution in [3.8, 4) is 22.9 Å². The van der Waals surface area contributed by atoms with Gasteiger partial charge < -0.3 is 9.84 Å². The van der Waals surface area contributed by atoms with Crippen molar-refractivity contribution in [1.29, 1.82) is 0 Å². The largest absolute Gasteiger partial charge is 0.504 e. The molecule has 122 valence electrons. The van der Waals surface area contributed by atoms with E-state index < -0.39 is 0 Å². The van der Waals surface area contributed by atoms with E-state index in [4.69, 9.17) is 4.74 Å². The Hall–Kier alpha value is -3.54. The molecule has 0 unspecified atom stereocenters. The lowest BCUT2D eigenvalue weighted by molar-refractivity contribution is 0.373. The quantitative estimate of drug-likeness (QED) is 0.462. The van der Waals surface area contributed by atoms with Crippen molar-refractivity contribution in [3.05, 3.63) is 71.5 Å². The standard InChI is InChI=1S/C19H14N4O2/c1-25-16-10-12(6-7-15(16)24)11-22-23-17-13-4-2-8-20-18(13)19-14(17)5-3-9-21-19/h2-11,24H,1H3/b22-11+. The number of hydrogen-bond donors (Lipinski definition) is 1. The molecular formula is C19H14N4O2. The van der Waals surface area contributed by atoms with E-state index in [0.29, 0.717) is 5.75 Å². The summed E-state index contributed by atoms with van der Waals surface area (Å²) in [6.07, 6.45) is 5.10. The first kappa shape index (κ1) is 15.0. The summed E-state index contributed by atoms with van der Waals surface area (Å²) >= 11 is 0. The third kappa shape index (κ3) is 2.63. The number of phenols is 1. The van der Waals surface area contributed by atoms with Crippen molar-refractivity contribution in [3.63, 3.8) is 0 Å². The lowest BCUT2D eigenvalue weighted by Gasteiger charge is -2.03. The van der Waals surface area contributed by atoms with Gasteiger partial charge >= 0.3 is 0 Å². The van der Waals surface area contributed by atoms with Crippen LogP contribution in [0.25, 0.3) is 11.4 Å². The SMILES string of the molecule is COc1cc(/C=N/N=C2c3cccnc3-c3ncccc32)ccc1O. The molecular weight excluding hydrogens is 316 g/mol. The van der Waals surface area contributed by atoms with E-state index in [9.17, 15) is 5.11 Å². The van der Waals surface area contributed by atoms with Crippen LogP contribution in [0.1, 0.15) is 16.7 Å². The summed E-state index contributed by atoms with van der Waals surface area (Å²) < 4.78 is 5.09. The normalized spacial score (nSPS) is 12.1. The van der Waals surface area contributed by atoms with Gasteiger partial charge in [-0.1, -0.05) is 0 Å².